The topological polar surface area (TPSA) is 66.4 Å². The van der Waals surface area contributed by atoms with Crippen LogP contribution in [0.25, 0.3) is 0 Å². The van der Waals surface area contributed by atoms with Crippen LogP contribution in [-0.2, 0) is 0 Å². The van der Waals surface area contributed by atoms with Gasteiger partial charge in [0.2, 0.25) is 0 Å². The third-order valence-corrected chi connectivity index (χ3v) is 3.27. The molecule has 2 aromatic carbocycles. The van der Waals surface area contributed by atoms with Crippen LogP contribution in [0.5, 0.6) is 0 Å². The predicted octanol–water partition coefficient (Wildman–Crippen LogP) is 3.54. The van der Waals surface area contributed by atoms with E-state index in [9.17, 15) is 14.0 Å². The fourth-order valence-corrected chi connectivity index (χ4v) is 2.00. The van der Waals surface area contributed by atoms with E-state index >= 15 is 0 Å². The normalized spacial score (nSPS) is 10.1. The number of carboxylic acids is 1. The molecule has 102 valence electrons. The second-order valence-electron chi connectivity index (χ2n) is 3.93. The molecule has 2 aromatic rings. The van der Waals surface area contributed by atoms with Gasteiger partial charge in [0.25, 0.3) is 5.91 Å². The number of carbonyl (C=O) groups excluding carboxylic acids is 1. The fourth-order valence-electron chi connectivity index (χ4n) is 1.65. The third kappa shape index (κ3) is 3.03. The lowest BCUT2D eigenvalue weighted by atomic mass is 10.1. The Morgan fingerprint density at radius 1 is 1.10 bits per heavy atom. The largest absolute Gasteiger partial charge is 0.478 e. The molecular weight excluding hydrogens is 329 g/mol. The number of hydrogen-bond donors (Lipinski definition) is 2. The molecule has 20 heavy (non-hydrogen) atoms. The summed E-state index contributed by atoms with van der Waals surface area (Å²) in [6.45, 7) is 0. The van der Waals surface area contributed by atoms with Gasteiger partial charge < -0.3 is 10.4 Å². The monoisotopic (exact) mass is 337 g/mol. The lowest BCUT2D eigenvalue weighted by Crippen LogP contribution is -2.16. The van der Waals surface area contributed by atoms with Crippen molar-refractivity contribution in [2.24, 2.45) is 0 Å². The molecule has 0 fully saturated rings. The van der Waals surface area contributed by atoms with Gasteiger partial charge in [-0.25, -0.2) is 9.18 Å². The van der Waals surface area contributed by atoms with Crippen molar-refractivity contribution in [3.63, 3.8) is 0 Å². The Morgan fingerprint density at radius 3 is 2.40 bits per heavy atom. The minimum Gasteiger partial charge on any atom is -0.478 e. The number of carbonyl (C=O) groups is 2. The van der Waals surface area contributed by atoms with E-state index in [0.717, 1.165) is 6.07 Å². The van der Waals surface area contributed by atoms with Gasteiger partial charge in [0.15, 0.2) is 0 Å². The second kappa shape index (κ2) is 5.83. The van der Waals surface area contributed by atoms with Crippen molar-refractivity contribution in [2.45, 2.75) is 0 Å². The molecule has 0 aromatic heterocycles. The highest BCUT2D eigenvalue weighted by atomic mass is 79.9. The van der Waals surface area contributed by atoms with E-state index in [1.165, 1.54) is 30.3 Å². The van der Waals surface area contributed by atoms with Crippen LogP contribution in [-0.4, -0.2) is 17.0 Å². The fraction of sp³-hybridized carbons (Fsp3) is 0. The molecule has 2 N–H and O–H groups in total. The summed E-state index contributed by atoms with van der Waals surface area (Å²) in [6, 6.07) is 9.65. The van der Waals surface area contributed by atoms with E-state index in [2.05, 4.69) is 21.2 Å². The van der Waals surface area contributed by atoms with Gasteiger partial charge in [0.1, 0.15) is 5.82 Å². The molecule has 0 spiro atoms. The van der Waals surface area contributed by atoms with E-state index in [1.54, 1.807) is 6.07 Å². The maximum Gasteiger partial charge on any atom is 0.336 e. The van der Waals surface area contributed by atoms with Crippen LogP contribution in [0.4, 0.5) is 10.1 Å². The molecule has 0 aliphatic carbocycles. The van der Waals surface area contributed by atoms with E-state index < -0.39 is 17.7 Å². The molecule has 0 saturated heterocycles. The molecule has 4 nitrogen and oxygen atoms in total. The SMILES string of the molecule is O=C(O)c1ccccc1C(=O)Nc1cc(F)ccc1Br. The van der Waals surface area contributed by atoms with Gasteiger partial charge in [-0.3, -0.25) is 4.79 Å². The smallest absolute Gasteiger partial charge is 0.336 e. The number of hydrogen-bond acceptors (Lipinski definition) is 2. The van der Waals surface area contributed by atoms with Crippen molar-refractivity contribution in [2.75, 3.05) is 5.32 Å². The summed E-state index contributed by atoms with van der Waals surface area (Å²) in [5.74, 6) is -2.32. The first-order chi connectivity index (χ1) is 9.49. The molecule has 0 radical (unpaired) electrons. The highest BCUT2D eigenvalue weighted by Gasteiger charge is 2.16. The number of benzene rings is 2. The van der Waals surface area contributed by atoms with Crippen molar-refractivity contribution >= 4 is 33.5 Å². The highest BCUT2D eigenvalue weighted by Crippen LogP contribution is 2.24. The molecule has 0 aliphatic rings. The minimum atomic E-state index is -1.20. The number of halogens is 2. The number of nitrogens with one attached hydrogen (secondary N) is 1. The summed E-state index contributed by atoms with van der Waals surface area (Å²) >= 11 is 3.18. The number of carboxylic acid groups (broad SMARTS) is 1. The Morgan fingerprint density at radius 2 is 1.75 bits per heavy atom. The van der Waals surface area contributed by atoms with Gasteiger partial charge in [-0.15, -0.1) is 0 Å². The molecule has 0 saturated carbocycles. The summed E-state index contributed by atoms with van der Waals surface area (Å²) in [4.78, 5) is 23.1. The van der Waals surface area contributed by atoms with Gasteiger partial charge in [-0.2, -0.15) is 0 Å². The van der Waals surface area contributed by atoms with Gasteiger partial charge in [0, 0.05) is 4.47 Å². The van der Waals surface area contributed by atoms with Crippen LogP contribution in [0, 0.1) is 5.82 Å². The summed E-state index contributed by atoms with van der Waals surface area (Å²) in [7, 11) is 0. The molecule has 6 heteroatoms. The molecule has 0 aliphatic heterocycles. The zero-order valence-electron chi connectivity index (χ0n) is 10.1. The van der Waals surface area contributed by atoms with Gasteiger partial charge in [0.05, 0.1) is 16.8 Å². The molecule has 0 bridgehead atoms. The minimum absolute atomic E-state index is 0.0103. The van der Waals surface area contributed by atoms with Gasteiger partial charge in [-0.05, 0) is 46.3 Å². The van der Waals surface area contributed by atoms with Gasteiger partial charge in [-0.1, -0.05) is 12.1 Å². The summed E-state index contributed by atoms with van der Waals surface area (Å²) < 4.78 is 13.6. The Balaban J connectivity index is 2.33. The number of anilines is 1. The first kappa shape index (κ1) is 14.2. The summed E-state index contributed by atoms with van der Waals surface area (Å²) in [5.41, 5.74) is 0.129. The average molecular weight is 338 g/mol. The van der Waals surface area contributed by atoms with Crippen molar-refractivity contribution in [1.82, 2.24) is 0 Å². The first-order valence-corrected chi connectivity index (χ1v) is 6.37. The lowest BCUT2D eigenvalue weighted by molar-refractivity contribution is 0.0692. The number of aromatic carboxylic acids is 1. The first-order valence-electron chi connectivity index (χ1n) is 5.58. The summed E-state index contributed by atoms with van der Waals surface area (Å²) in [5, 5.41) is 11.5. The van der Waals surface area contributed by atoms with Crippen LogP contribution in [0.15, 0.2) is 46.9 Å². The zero-order valence-corrected chi connectivity index (χ0v) is 11.6. The Hall–Kier alpha value is -2.21. The van der Waals surface area contributed by atoms with Crippen LogP contribution >= 0.6 is 15.9 Å². The highest BCUT2D eigenvalue weighted by molar-refractivity contribution is 9.10. The van der Waals surface area contributed by atoms with Crippen molar-refractivity contribution in [1.29, 1.82) is 0 Å². The summed E-state index contributed by atoms with van der Waals surface area (Å²) in [6.07, 6.45) is 0. The zero-order chi connectivity index (χ0) is 14.7. The van der Waals surface area contributed by atoms with E-state index in [0.29, 0.717) is 4.47 Å². The molecule has 0 heterocycles. The van der Waals surface area contributed by atoms with Crippen LogP contribution in [0.2, 0.25) is 0 Å². The predicted molar refractivity (Wildman–Crippen MR) is 75.5 cm³/mol. The van der Waals surface area contributed by atoms with Crippen molar-refractivity contribution < 1.29 is 19.1 Å². The maximum atomic E-state index is 13.1. The molecule has 0 atom stereocenters. The quantitative estimate of drug-likeness (QED) is 0.900. The molecule has 0 unspecified atom stereocenters. The van der Waals surface area contributed by atoms with Crippen LogP contribution in [0.1, 0.15) is 20.7 Å². The van der Waals surface area contributed by atoms with E-state index in [1.807, 2.05) is 0 Å². The molecular formula is C14H9BrFNO3. The molecule has 2 rings (SSSR count). The van der Waals surface area contributed by atoms with Crippen LogP contribution < -0.4 is 5.32 Å². The Kier molecular flexibility index (Phi) is 4.14. The standard InChI is InChI=1S/C14H9BrFNO3/c15-11-6-5-8(16)7-12(11)17-13(18)9-3-1-2-4-10(9)14(19)20/h1-7H,(H,17,18)(H,19,20). The van der Waals surface area contributed by atoms with Crippen molar-refractivity contribution in [3.05, 3.63) is 63.9 Å². The lowest BCUT2D eigenvalue weighted by Gasteiger charge is -2.09. The van der Waals surface area contributed by atoms with E-state index in [4.69, 9.17) is 5.11 Å². The number of amides is 1. The Bertz CT molecular complexity index is 688. The van der Waals surface area contributed by atoms with Gasteiger partial charge >= 0.3 is 5.97 Å². The van der Waals surface area contributed by atoms with Crippen molar-refractivity contribution in [3.8, 4) is 0 Å². The molecule has 1 amide bonds. The number of rotatable bonds is 3. The average Bonchev–Trinajstić information content (AvgIpc) is 2.42. The van der Waals surface area contributed by atoms with E-state index in [-0.39, 0.29) is 16.8 Å². The Labute approximate surface area is 122 Å². The van der Waals surface area contributed by atoms with Crippen LogP contribution in [0.3, 0.4) is 0 Å². The third-order valence-electron chi connectivity index (χ3n) is 2.58. The maximum absolute atomic E-state index is 13.1. The second-order valence-corrected chi connectivity index (χ2v) is 4.78.